The van der Waals surface area contributed by atoms with Crippen molar-refractivity contribution in [2.75, 3.05) is 44.7 Å². The number of piperazine rings is 1. The third-order valence-electron chi connectivity index (χ3n) is 4.34. The van der Waals surface area contributed by atoms with Crippen LogP contribution in [0.1, 0.15) is 6.92 Å². The van der Waals surface area contributed by atoms with E-state index in [-0.39, 0.29) is 6.10 Å². The number of nitrogens with one attached hydrogen (secondary N) is 1. The zero-order valence-corrected chi connectivity index (χ0v) is 16.4. The zero-order chi connectivity index (χ0) is 19.1. The lowest BCUT2D eigenvalue weighted by Crippen LogP contribution is -2.53. The van der Waals surface area contributed by atoms with Gasteiger partial charge in [0.15, 0.2) is 5.96 Å². The van der Waals surface area contributed by atoms with E-state index in [0.717, 1.165) is 38.1 Å². The molecule has 0 saturated carbocycles. The van der Waals surface area contributed by atoms with Crippen LogP contribution in [0.15, 0.2) is 47.7 Å². The van der Waals surface area contributed by atoms with Crippen LogP contribution in [0.4, 0.5) is 5.95 Å². The summed E-state index contributed by atoms with van der Waals surface area (Å²) in [5.74, 6) is 2.35. The van der Waals surface area contributed by atoms with Crippen molar-refractivity contribution in [1.82, 2.24) is 20.2 Å². The maximum Gasteiger partial charge on any atom is 0.225 e. The van der Waals surface area contributed by atoms with Crippen LogP contribution in [0.2, 0.25) is 5.02 Å². The normalized spacial score (nSPS) is 16.2. The SMILES string of the molecule is CN=C(NCC(C)Oc1ccccc1Cl)N1CCN(c2ncccn2)CC1. The molecule has 1 fully saturated rings. The fraction of sp³-hybridized carbons (Fsp3) is 0.421. The topological polar surface area (TPSA) is 65.9 Å². The number of hydrogen-bond acceptors (Lipinski definition) is 5. The van der Waals surface area contributed by atoms with Crippen molar-refractivity contribution in [2.45, 2.75) is 13.0 Å². The lowest BCUT2D eigenvalue weighted by molar-refractivity contribution is 0.221. The summed E-state index contributed by atoms with van der Waals surface area (Å²) in [6, 6.07) is 9.33. The Kier molecular flexibility index (Phi) is 6.70. The highest BCUT2D eigenvalue weighted by Crippen LogP contribution is 2.24. The van der Waals surface area contributed by atoms with Gasteiger partial charge in [0.2, 0.25) is 5.95 Å². The van der Waals surface area contributed by atoms with E-state index in [0.29, 0.717) is 17.3 Å². The van der Waals surface area contributed by atoms with Crippen molar-refractivity contribution in [3.05, 3.63) is 47.7 Å². The van der Waals surface area contributed by atoms with Crippen molar-refractivity contribution in [3.63, 3.8) is 0 Å². The number of ether oxygens (including phenoxy) is 1. The minimum atomic E-state index is -0.0411. The summed E-state index contributed by atoms with van der Waals surface area (Å²) >= 11 is 6.15. The van der Waals surface area contributed by atoms with E-state index < -0.39 is 0 Å². The van der Waals surface area contributed by atoms with Crippen LogP contribution in [0.5, 0.6) is 5.75 Å². The number of para-hydroxylation sites is 1. The van der Waals surface area contributed by atoms with Crippen molar-refractivity contribution >= 4 is 23.5 Å². The number of halogens is 1. The second-order valence-corrected chi connectivity index (χ2v) is 6.72. The Morgan fingerprint density at radius 1 is 1.19 bits per heavy atom. The Labute approximate surface area is 165 Å². The third-order valence-corrected chi connectivity index (χ3v) is 4.65. The smallest absolute Gasteiger partial charge is 0.225 e. The molecule has 1 saturated heterocycles. The second kappa shape index (κ2) is 9.41. The number of hydrogen-bond donors (Lipinski definition) is 1. The number of aromatic nitrogens is 2. The average molecular weight is 389 g/mol. The molecule has 2 heterocycles. The number of aliphatic imine (C=N–C) groups is 1. The standard InChI is InChI=1S/C19H25ClN6O/c1-15(27-17-7-4-3-6-16(17)20)14-24-18(21-2)25-10-12-26(13-11-25)19-22-8-5-9-23-19/h3-9,15H,10-14H2,1-2H3,(H,21,24). The predicted octanol–water partition coefficient (Wildman–Crippen LogP) is 2.29. The Hall–Kier alpha value is -2.54. The van der Waals surface area contributed by atoms with E-state index >= 15 is 0 Å². The summed E-state index contributed by atoms with van der Waals surface area (Å²) in [7, 11) is 1.80. The monoisotopic (exact) mass is 388 g/mol. The molecule has 144 valence electrons. The molecule has 1 atom stereocenters. The Morgan fingerprint density at radius 2 is 1.89 bits per heavy atom. The van der Waals surface area contributed by atoms with Gasteiger partial charge in [-0.1, -0.05) is 23.7 Å². The van der Waals surface area contributed by atoms with Gasteiger partial charge in [0.05, 0.1) is 11.6 Å². The molecule has 0 spiro atoms. The van der Waals surface area contributed by atoms with E-state index in [4.69, 9.17) is 16.3 Å². The van der Waals surface area contributed by atoms with E-state index in [1.165, 1.54) is 0 Å². The fourth-order valence-corrected chi connectivity index (χ4v) is 3.12. The molecule has 0 aliphatic carbocycles. The van der Waals surface area contributed by atoms with Crippen LogP contribution in [-0.2, 0) is 0 Å². The maximum absolute atomic E-state index is 6.15. The van der Waals surface area contributed by atoms with Crippen LogP contribution < -0.4 is 15.0 Å². The molecule has 1 aliphatic heterocycles. The summed E-state index contributed by atoms with van der Waals surface area (Å²) in [4.78, 5) is 17.5. The van der Waals surface area contributed by atoms with Gasteiger partial charge in [-0.15, -0.1) is 0 Å². The van der Waals surface area contributed by atoms with Gasteiger partial charge < -0.3 is 19.9 Å². The number of guanidine groups is 1. The minimum Gasteiger partial charge on any atom is -0.487 e. The van der Waals surface area contributed by atoms with Crippen LogP contribution in [-0.4, -0.2) is 66.7 Å². The van der Waals surface area contributed by atoms with Crippen molar-refractivity contribution in [2.24, 2.45) is 4.99 Å². The summed E-state index contributed by atoms with van der Waals surface area (Å²) in [6.07, 6.45) is 3.51. The van der Waals surface area contributed by atoms with Gasteiger partial charge in [0, 0.05) is 45.6 Å². The van der Waals surface area contributed by atoms with E-state index in [9.17, 15) is 0 Å². The largest absolute Gasteiger partial charge is 0.487 e. The molecule has 1 aromatic heterocycles. The predicted molar refractivity (Wildman–Crippen MR) is 109 cm³/mol. The number of rotatable bonds is 5. The second-order valence-electron chi connectivity index (χ2n) is 6.31. The molecule has 1 aliphatic rings. The van der Waals surface area contributed by atoms with E-state index in [2.05, 4.69) is 30.1 Å². The first-order chi connectivity index (χ1) is 13.2. The Bertz CT molecular complexity index is 749. The van der Waals surface area contributed by atoms with Crippen molar-refractivity contribution in [3.8, 4) is 5.75 Å². The van der Waals surface area contributed by atoms with Crippen molar-refractivity contribution in [1.29, 1.82) is 0 Å². The summed E-state index contributed by atoms with van der Waals surface area (Å²) in [5, 5.41) is 4.01. The maximum atomic E-state index is 6.15. The van der Waals surface area contributed by atoms with Gasteiger partial charge in [-0.25, -0.2) is 9.97 Å². The average Bonchev–Trinajstić information content (AvgIpc) is 2.71. The number of anilines is 1. The summed E-state index contributed by atoms with van der Waals surface area (Å²) in [6.45, 7) is 6.08. The lowest BCUT2D eigenvalue weighted by atomic mass is 10.3. The van der Waals surface area contributed by atoms with Crippen LogP contribution in [0, 0.1) is 0 Å². The third kappa shape index (κ3) is 5.23. The first-order valence-corrected chi connectivity index (χ1v) is 9.44. The highest BCUT2D eigenvalue weighted by Gasteiger charge is 2.21. The number of benzene rings is 1. The quantitative estimate of drug-likeness (QED) is 0.626. The van der Waals surface area contributed by atoms with E-state index in [1.54, 1.807) is 19.4 Å². The van der Waals surface area contributed by atoms with Gasteiger partial charge in [-0.3, -0.25) is 4.99 Å². The molecule has 0 bridgehead atoms. The van der Waals surface area contributed by atoms with Gasteiger partial charge >= 0.3 is 0 Å². The summed E-state index contributed by atoms with van der Waals surface area (Å²) < 4.78 is 5.91. The van der Waals surface area contributed by atoms with E-state index in [1.807, 2.05) is 37.3 Å². The molecule has 1 unspecified atom stereocenters. The molecule has 1 aromatic carbocycles. The molecule has 1 N–H and O–H groups in total. The highest BCUT2D eigenvalue weighted by atomic mass is 35.5. The Morgan fingerprint density at radius 3 is 2.56 bits per heavy atom. The first kappa shape index (κ1) is 19.2. The van der Waals surface area contributed by atoms with Gasteiger partial charge in [0.1, 0.15) is 11.9 Å². The zero-order valence-electron chi connectivity index (χ0n) is 15.7. The molecule has 8 heteroatoms. The fourth-order valence-electron chi connectivity index (χ4n) is 2.94. The molecule has 0 amide bonds. The molecule has 2 aromatic rings. The first-order valence-electron chi connectivity index (χ1n) is 9.06. The highest BCUT2D eigenvalue weighted by molar-refractivity contribution is 6.32. The molecule has 7 nitrogen and oxygen atoms in total. The number of nitrogens with zero attached hydrogens (tertiary/aromatic N) is 5. The Balaban J connectivity index is 1.48. The van der Waals surface area contributed by atoms with Crippen LogP contribution in [0.3, 0.4) is 0 Å². The van der Waals surface area contributed by atoms with Crippen LogP contribution in [0.25, 0.3) is 0 Å². The summed E-state index contributed by atoms with van der Waals surface area (Å²) in [5.41, 5.74) is 0. The molecule has 0 radical (unpaired) electrons. The molecular formula is C19H25ClN6O. The lowest BCUT2D eigenvalue weighted by Gasteiger charge is -2.36. The minimum absolute atomic E-state index is 0.0411. The van der Waals surface area contributed by atoms with Gasteiger partial charge in [0.25, 0.3) is 0 Å². The van der Waals surface area contributed by atoms with Gasteiger partial charge in [-0.05, 0) is 25.1 Å². The molecule has 3 rings (SSSR count). The molecule has 27 heavy (non-hydrogen) atoms. The molecular weight excluding hydrogens is 364 g/mol. The van der Waals surface area contributed by atoms with Gasteiger partial charge in [-0.2, -0.15) is 0 Å². The van der Waals surface area contributed by atoms with Crippen molar-refractivity contribution < 1.29 is 4.74 Å². The van der Waals surface area contributed by atoms with Crippen LogP contribution >= 0.6 is 11.6 Å².